The molecule has 4 nitrogen and oxygen atoms in total. The van der Waals surface area contributed by atoms with Crippen LogP contribution in [0.5, 0.6) is 0 Å². The van der Waals surface area contributed by atoms with Gasteiger partial charge in [0.05, 0.1) is 0 Å². The van der Waals surface area contributed by atoms with Gasteiger partial charge in [-0.2, -0.15) is 0 Å². The lowest BCUT2D eigenvalue weighted by atomic mass is 10.3. The van der Waals surface area contributed by atoms with Gasteiger partial charge in [-0.25, -0.2) is 0 Å². The number of unbranched alkanes of at least 4 members (excludes halogenated alkanes) is 4. The first kappa shape index (κ1) is 32.6. The van der Waals surface area contributed by atoms with E-state index in [4.69, 9.17) is 22.9 Å². The molecule has 0 saturated heterocycles. The Morgan fingerprint density at radius 2 is 0.619 bits per heavy atom. The zero-order valence-electron chi connectivity index (χ0n) is 16.2. The molecule has 0 aromatic rings. The van der Waals surface area contributed by atoms with Crippen LogP contribution in [0.4, 0.5) is 4.70 Å². The van der Waals surface area contributed by atoms with E-state index >= 15 is 0 Å². The van der Waals surface area contributed by atoms with Gasteiger partial charge in [0, 0.05) is 0 Å². The number of hydrogen-bond acceptors (Lipinski definition) is 4. The molecule has 5 heteroatoms. The van der Waals surface area contributed by atoms with Gasteiger partial charge < -0.3 is 22.9 Å². The van der Waals surface area contributed by atoms with Crippen molar-refractivity contribution in [3.63, 3.8) is 0 Å². The summed E-state index contributed by atoms with van der Waals surface area (Å²) in [6, 6.07) is 0. The summed E-state index contributed by atoms with van der Waals surface area (Å²) in [6.07, 6.45) is 9.54. The van der Waals surface area contributed by atoms with Gasteiger partial charge in [0.2, 0.25) is 0 Å². The Morgan fingerprint density at radius 1 is 0.476 bits per heavy atom. The predicted octanol–water partition coefficient (Wildman–Crippen LogP) is 3.25. The van der Waals surface area contributed by atoms with E-state index in [9.17, 15) is 0 Å². The Balaban J connectivity index is -0.0000000376. The molecule has 0 spiro atoms. The highest BCUT2D eigenvalue weighted by molar-refractivity contribution is 4.30. The summed E-state index contributed by atoms with van der Waals surface area (Å²) in [5, 5.41) is 0. The van der Waals surface area contributed by atoms with Gasteiger partial charge in [0.1, 0.15) is 0 Å². The topological polar surface area (TPSA) is 104 Å². The maximum Gasteiger partial charge on any atom is 1.00 e. The molecule has 0 aromatic heterocycles. The van der Waals surface area contributed by atoms with Gasteiger partial charge in [-0.3, -0.25) is 4.70 Å². The van der Waals surface area contributed by atoms with E-state index < -0.39 is 0 Å². The molecule has 0 aliphatic carbocycles. The Morgan fingerprint density at radius 3 is 0.619 bits per heavy atom. The Hall–Kier alpha value is -0.230. The van der Waals surface area contributed by atoms with Crippen molar-refractivity contribution in [2.45, 2.75) is 79.1 Å². The predicted molar refractivity (Wildman–Crippen MR) is 99.5 cm³/mol. The average molecular weight is 314 g/mol. The van der Waals surface area contributed by atoms with Crippen molar-refractivity contribution in [1.29, 1.82) is 0 Å². The summed E-state index contributed by atoms with van der Waals surface area (Å²) in [7, 11) is 0. The first-order valence-corrected chi connectivity index (χ1v) is 8.46. The highest BCUT2D eigenvalue weighted by Gasteiger charge is 1.69. The summed E-state index contributed by atoms with van der Waals surface area (Å²) in [5.74, 6) is 0. The van der Waals surface area contributed by atoms with Crippen molar-refractivity contribution >= 4 is 0 Å². The van der Waals surface area contributed by atoms with Crippen molar-refractivity contribution < 1.29 is 6.13 Å². The molecule has 0 unspecified atom stereocenters. The summed E-state index contributed by atoms with van der Waals surface area (Å²) < 4.78 is 0. The van der Waals surface area contributed by atoms with E-state index in [-0.39, 0.29) is 6.13 Å². The van der Waals surface area contributed by atoms with E-state index in [1.165, 1.54) is 51.4 Å². The van der Waals surface area contributed by atoms with E-state index in [0.29, 0.717) is 0 Å². The van der Waals surface area contributed by atoms with E-state index in [2.05, 4.69) is 27.7 Å². The molecule has 0 atom stereocenters. The lowest BCUT2D eigenvalue weighted by Crippen LogP contribution is -1.95. The highest BCUT2D eigenvalue weighted by atomic mass is 19.0. The van der Waals surface area contributed by atoms with Gasteiger partial charge in [-0.1, -0.05) is 53.4 Å². The smallest absolute Gasteiger partial charge is 0.330 e. The Kier molecular flexibility index (Phi) is 78.2. The van der Waals surface area contributed by atoms with E-state index in [0.717, 1.165) is 26.2 Å². The molecule has 0 heterocycles. The maximum absolute atomic E-state index is 5.14. The van der Waals surface area contributed by atoms with Crippen LogP contribution in [-0.2, 0) is 0 Å². The van der Waals surface area contributed by atoms with Crippen LogP contribution in [0.15, 0.2) is 0 Å². The molecule has 0 amide bonds. The molecule has 8 N–H and O–H groups in total. The fourth-order valence-electron chi connectivity index (χ4n) is 0.816. The van der Waals surface area contributed by atoms with Crippen LogP contribution in [0.1, 0.15) is 80.5 Å². The van der Waals surface area contributed by atoms with Crippen molar-refractivity contribution in [2.75, 3.05) is 26.2 Å². The fraction of sp³-hybridized carbons (Fsp3) is 1.00. The minimum atomic E-state index is 0. The monoisotopic (exact) mass is 313 g/mol. The fourth-order valence-corrected chi connectivity index (χ4v) is 0.816. The number of hydrogen-bond donors (Lipinski definition) is 4. The highest BCUT2D eigenvalue weighted by Crippen LogP contribution is 1.78. The lowest BCUT2D eigenvalue weighted by Gasteiger charge is -1.80. The zero-order valence-corrected chi connectivity index (χ0v) is 15.2. The third-order valence-electron chi connectivity index (χ3n) is 2.23. The molecule has 0 radical (unpaired) electrons. The molecule has 0 aromatic carbocycles. The molecule has 136 valence electrons. The second-order valence-electron chi connectivity index (χ2n) is 4.57. The largest absolute Gasteiger partial charge is 1.00 e. The van der Waals surface area contributed by atoms with Crippen LogP contribution in [0.25, 0.3) is 0 Å². The summed E-state index contributed by atoms with van der Waals surface area (Å²) in [6.45, 7) is 11.9. The molecule has 21 heavy (non-hydrogen) atoms. The minimum absolute atomic E-state index is 0. The first-order chi connectivity index (χ1) is 9.66. The van der Waals surface area contributed by atoms with Gasteiger partial charge in [0.15, 0.2) is 0 Å². The SMILES string of the molecule is CCCCN.CCCCN.CCCCN.CCCCN.F.[H+]. The second kappa shape index (κ2) is 50.3. The van der Waals surface area contributed by atoms with Gasteiger partial charge in [0.25, 0.3) is 0 Å². The van der Waals surface area contributed by atoms with Crippen molar-refractivity contribution in [3.05, 3.63) is 0 Å². The quantitative estimate of drug-likeness (QED) is 0.552. The maximum atomic E-state index is 5.14. The van der Waals surface area contributed by atoms with Crippen molar-refractivity contribution in [2.24, 2.45) is 22.9 Å². The van der Waals surface area contributed by atoms with Gasteiger partial charge >= 0.3 is 1.43 Å². The van der Waals surface area contributed by atoms with Crippen LogP contribution in [0.3, 0.4) is 0 Å². The molecule has 0 rings (SSSR count). The third kappa shape index (κ3) is 103. The number of halogens is 1. The minimum Gasteiger partial charge on any atom is -0.330 e. The van der Waals surface area contributed by atoms with Crippen LogP contribution >= 0.6 is 0 Å². The summed E-state index contributed by atoms with van der Waals surface area (Å²) >= 11 is 0. The second-order valence-corrected chi connectivity index (χ2v) is 4.57. The van der Waals surface area contributed by atoms with E-state index in [1.807, 2.05) is 0 Å². The summed E-state index contributed by atoms with van der Waals surface area (Å²) in [5.41, 5.74) is 20.6. The number of rotatable bonds is 8. The van der Waals surface area contributed by atoms with Gasteiger partial charge in [-0.05, 0) is 51.9 Å². The van der Waals surface area contributed by atoms with Crippen LogP contribution < -0.4 is 22.9 Å². The lowest BCUT2D eigenvalue weighted by molar-refractivity contribution is 0.807. The van der Waals surface area contributed by atoms with Crippen LogP contribution in [0, 0.1) is 0 Å². The van der Waals surface area contributed by atoms with Crippen molar-refractivity contribution in [1.82, 2.24) is 0 Å². The molecular formula is C16H46FN4+. The molecule has 0 fully saturated rings. The molecule has 0 saturated carbocycles. The number of nitrogens with two attached hydrogens (primary N) is 4. The van der Waals surface area contributed by atoms with Crippen molar-refractivity contribution in [3.8, 4) is 0 Å². The van der Waals surface area contributed by atoms with Crippen LogP contribution in [-0.4, -0.2) is 26.2 Å². The average Bonchev–Trinajstić information content (AvgIpc) is 2.44. The normalized spacial score (nSPS) is 8.00. The molecule has 0 aliphatic rings. The van der Waals surface area contributed by atoms with Gasteiger partial charge in [-0.15, -0.1) is 0 Å². The molecule has 0 aliphatic heterocycles. The first-order valence-electron chi connectivity index (χ1n) is 8.46. The van der Waals surface area contributed by atoms with Crippen LogP contribution in [0.2, 0.25) is 0 Å². The molecule has 0 bridgehead atoms. The third-order valence-corrected chi connectivity index (χ3v) is 2.23. The summed E-state index contributed by atoms with van der Waals surface area (Å²) in [4.78, 5) is 0. The Bertz CT molecular complexity index is 80.1. The zero-order chi connectivity index (χ0) is 16.5. The van der Waals surface area contributed by atoms with E-state index in [1.54, 1.807) is 0 Å². The molecular weight excluding hydrogens is 267 g/mol. The standard InChI is InChI=1S/4C4H11N.FH/c4*1-2-3-4-5;/h4*2-5H2,1H3;1H/p+1. The Labute approximate surface area is 135 Å².